The maximum Gasteiger partial charge on any atom is 0.482 e. The Morgan fingerprint density at radius 3 is 0.618 bits per heavy atom. The van der Waals surface area contributed by atoms with Crippen LogP contribution in [0.3, 0.4) is 0 Å². The van der Waals surface area contributed by atoms with Gasteiger partial charge in [0, 0.05) is 104 Å². The van der Waals surface area contributed by atoms with Crippen molar-refractivity contribution in [2.75, 3.05) is 19.8 Å². The molecule has 0 unspecified atom stereocenters. The minimum Gasteiger partial charge on any atom is -0.462 e. The summed E-state index contributed by atoms with van der Waals surface area (Å²) in [6.45, 7) is 9.26. The standard InChI is InChI=1S/C51H69O37P/c1-19(52)68-16-34(71-22(4)55)37-40(74-25(7)58)43(77-28(10)61)46(80-31(13)64)49(83-37)86-89(67,87-50-47(81-32(14)65)44(78-29(11)62)41(75-26(8)59)38(84-50)35(72-23(5)56)17-69-20(2)53)88-51-48(82-33(15)66)45(79-30(12)63)42(76-27(9)60)39(85-51)36(73-24(6)57)18-70-21(3)54/h34-51H,16-18H2,1-15H3/t34-,35-,36-,37-,38-,39-,40-,41-,42-,43+,44+,45+,46+,47+,48+,49+,50+,51+/m1/s1. The fourth-order valence-electron chi connectivity index (χ4n) is 8.85. The highest BCUT2D eigenvalue weighted by atomic mass is 31.2. The molecule has 0 aromatic rings. The van der Waals surface area contributed by atoms with Crippen LogP contribution >= 0.6 is 7.82 Å². The van der Waals surface area contributed by atoms with Crippen molar-refractivity contribution < 1.29 is 175 Å². The van der Waals surface area contributed by atoms with Crippen LogP contribution in [0.15, 0.2) is 0 Å². The summed E-state index contributed by atoms with van der Waals surface area (Å²) in [4.78, 5) is 193. The zero-order chi connectivity index (χ0) is 67.5. The van der Waals surface area contributed by atoms with Crippen LogP contribution in [-0.2, 0) is 175 Å². The number of carbonyl (C=O) groups is 15. The second kappa shape index (κ2) is 34.1. The zero-order valence-corrected chi connectivity index (χ0v) is 51.5. The molecule has 0 amide bonds. The second-order valence-electron chi connectivity index (χ2n) is 19.2. The Morgan fingerprint density at radius 1 is 0.270 bits per heavy atom. The predicted molar refractivity (Wildman–Crippen MR) is 273 cm³/mol. The summed E-state index contributed by atoms with van der Waals surface area (Å²) in [6.07, 6.45) is -42.0. The van der Waals surface area contributed by atoms with E-state index in [1.807, 2.05) is 0 Å². The number of ether oxygens (including phenoxy) is 18. The maximum absolute atomic E-state index is 16.7. The number of phosphoric acid groups is 1. The van der Waals surface area contributed by atoms with Crippen LogP contribution in [0.5, 0.6) is 0 Å². The summed E-state index contributed by atoms with van der Waals surface area (Å²) in [5.41, 5.74) is 0. The molecule has 0 aromatic heterocycles. The Bertz CT molecular complexity index is 2410. The van der Waals surface area contributed by atoms with Gasteiger partial charge in [-0.25, -0.2) is 4.57 Å². The number of rotatable bonds is 27. The SMILES string of the molecule is CC(=O)OC[C@@H](OC(C)=O)[C@H]1O[C@@H](OP(=O)(O[C@@H]2O[C@H]([C@@H](COC(C)=O)OC(C)=O)[C@@H](OC(C)=O)[C@H](OC(C)=O)[C@@H]2OC(C)=O)O[C@@H]2O[C@H]([C@@H](COC(C)=O)OC(C)=O)[C@@H](OC(C)=O)[C@H](OC(C)=O)[C@@H]2OC(C)=O)[C@@H](OC(C)=O)[C@@H](OC(C)=O)[C@@H]1OC(C)=O. The van der Waals surface area contributed by atoms with Crippen molar-refractivity contribution >= 4 is 97.4 Å². The van der Waals surface area contributed by atoms with Gasteiger partial charge in [0.05, 0.1) is 0 Å². The molecule has 3 rings (SSSR count). The van der Waals surface area contributed by atoms with Crippen LogP contribution in [0, 0.1) is 0 Å². The van der Waals surface area contributed by atoms with Gasteiger partial charge in [-0.1, -0.05) is 0 Å². The van der Waals surface area contributed by atoms with Crippen LogP contribution in [0.25, 0.3) is 0 Å². The number of hydrogen-bond donors (Lipinski definition) is 0. The molecule has 0 saturated carbocycles. The number of phosphoric ester groups is 1. The van der Waals surface area contributed by atoms with E-state index in [-0.39, 0.29) is 0 Å². The number of esters is 15. The fourth-order valence-corrected chi connectivity index (χ4v) is 10.3. The third kappa shape index (κ3) is 24.2. The van der Waals surface area contributed by atoms with Gasteiger partial charge in [0.15, 0.2) is 73.2 Å². The van der Waals surface area contributed by atoms with E-state index in [0.717, 1.165) is 104 Å². The topological polar surface area (TPSA) is 467 Å². The monoisotopic (exact) mass is 1300 g/mol. The van der Waals surface area contributed by atoms with Crippen molar-refractivity contribution in [1.29, 1.82) is 0 Å². The first-order chi connectivity index (χ1) is 41.3. The molecule has 89 heavy (non-hydrogen) atoms. The molecule has 0 aromatic carbocycles. The lowest BCUT2D eigenvalue weighted by Crippen LogP contribution is -2.66. The molecule has 0 N–H and O–H groups in total. The van der Waals surface area contributed by atoms with E-state index >= 15 is 4.57 Å². The quantitative estimate of drug-likeness (QED) is 0.0551. The van der Waals surface area contributed by atoms with Crippen LogP contribution < -0.4 is 0 Å². The van der Waals surface area contributed by atoms with E-state index in [2.05, 4.69) is 0 Å². The highest BCUT2D eigenvalue weighted by Gasteiger charge is 2.63. The molecule has 0 bridgehead atoms. The van der Waals surface area contributed by atoms with Crippen molar-refractivity contribution in [3.05, 3.63) is 0 Å². The van der Waals surface area contributed by atoms with Crippen LogP contribution in [0.1, 0.15) is 104 Å². The van der Waals surface area contributed by atoms with Gasteiger partial charge in [0.25, 0.3) is 0 Å². The highest BCUT2D eigenvalue weighted by Crippen LogP contribution is 2.57. The molecule has 3 aliphatic heterocycles. The molecular weight excluding hydrogens is 1240 g/mol. The summed E-state index contributed by atoms with van der Waals surface area (Å²) in [5.74, 6) is -18.1. The molecule has 3 heterocycles. The Balaban J connectivity index is 2.74. The van der Waals surface area contributed by atoms with Crippen molar-refractivity contribution in [3.63, 3.8) is 0 Å². The molecule has 0 aliphatic carbocycles. The van der Waals surface area contributed by atoms with E-state index < -0.39 is 228 Å². The fraction of sp³-hybridized carbons (Fsp3) is 0.706. The average Bonchev–Trinajstić information content (AvgIpc) is 0.806. The molecule has 37 nitrogen and oxygen atoms in total. The van der Waals surface area contributed by atoms with E-state index in [4.69, 9.17) is 98.8 Å². The normalized spacial score (nSPS) is 27.4. The summed E-state index contributed by atoms with van der Waals surface area (Å²) >= 11 is 0. The van der Waals surface area contributed by atoms with Gasteiger partial charge >= 0.3 is 97.4 Å². The molecule has 0 radical (unpaired) electrons. The van der Waals surface area contributed by atoms with E-state index in [1.165, 1.54) is 0 Å². The minimum absolute atomic E-state index is 0.747. The number of hydrogen-bond acceptors (Lipinski definition) is 37. The van der Waals surface area contributed by atoms with Crippen molar-refractivity contribution in [1.82, 2.24) is 0 Å². The highest BCUT2D eigenvalue weighted by molar-refractivity contribution is 7.48. The first kappa shape index (κ1) is 75.3. The largest absolute Gasteiger partial charge is 0.482 e. The average molecular weight is 1310 g/mol. The molecule has 0 spiro atoms. The zero-order valence-electron chi connectivity index (χ0n) is 50.6. The summed E-state index contributed by atoms with van der Waals surface area (Å²) < 4.78 is 135. The molecule has 3 saturated heterocycles. The summed E-state index contributed by atoms with van der Waals surface area (Å²) in [7, 11) is -6.61. The Hall–Kier alpha value is -7.96. The van der Waals surface area contributed by atoms with Gasteiger partial charge < -0.3 is 85.3 Å². The molecule has 38 heteroatoms. The van der Waals surface area contributed by atoms with Crippen molar-refractivity contribution in [3.8, 4) is 0 Å². The molecule has 500 valence electrons. The van der Waals surface area contributed by atoms with Gasteiger partial charge in [-0.15, -0.1) is 0 Å². The molecule has 3 fully saturated rings. The van der Waals surface area contributed by atoms with Crippen molar-refractivity contribution in [2.24, 2.45) is 0 Å². The third-order valence-corrected chi connectivity index (χ3v) is 12.8. The Kier molecular flexibility index (Phi) is 28.9. The molecular formula is C51H69O37P. The van der Waals surface area contributed by atoms with Gasteiger partial charge in [-0.05, 0) is 0 Å². The summed E-state index contributed by atoms with van der Waals surface area (Å²) in [6, 6.07) is 0. The van der Waals surface area contributed by atoms with E-state index in [1.54, 1.807) is 0 Å². The van der Waals surface area contributed by atoms with E-state index in [9.17, 15) is 71.9 Å². The Labute approximate surface area is 505 Å². The smallest absolute Gasteiger partial charge is 0.462 e. The van der Waals surface area contributed by atoms with Gasteiger partial charge in [0.2, 0.25) is 18.9 Å². The first-order valence-corrected chi connectivity index (χ1v) is 27.9. The van der Waals surface area contributed by atoms with Crippen LogP contribution in [0.2, 0.25) is 0 Å². The van der Waals surface area contributed by atoms with E-state index in [0.29, 0.717) is 0 Å². The second-order valence-corrected chi connectivity index (χ2v) is 20.7. The van der Waals surface area contributed by atoms with Gasteiger partial charge in [0.1, 0.15) is 38.1 Å². The maximum atomic E-state index is 16.7. The lowest BCUT2D eigenvalue weighted by Gasteiger charge is -2.48. The predicted octanol–water partition coefficient (Wildman–Crippen LogP) is -0.811. The summed E-state index contributed by atoms with van der Waals surface area (Å²) in [5, 5.41) is 0. The lowest BCUT2D eigenvalue weighted by atomic mass is 9.94. The Morgan fingerprint density at radius 2 is 0.449 bits per heavy atom. The third-order valence-electron chi connectivity index (χ3n) is 11.4. The van der Waals surface area contributed by atoms with Gasteiger partial charge in [-0.3, -0.25) is 85.5 Å². The molecule has 18 atom stereocenters. The lowest BCUT2D eigenvalue weighted by molar-refractivity contribution is -0.326. The number of carbonyl (C=O) groups excluding carboxylic acids is 15. The van der Waals surface area contributed by atoms with Gasteiger partial charge in [-0.2, -0.15) is 0 Å². The van der Waals surface area contributed by atoms with Crippen molar-refractivity contribution in [2.45, 2.75) is 214 Å². The van der Waals surface area contributed by atoms with Crippen LogP contribution in [-0.4, -0.2) is 220 Å². The minimum atomic E-state index is -6.61. The molecule has 3 aliphatic rings. The first-order valence-electron chi connectivity index (χ1n) is 26.4. The van der Waals surface area contributed by atoms with Crippen LogP contribution in [0.4, 0.5) is 0 Å².